The highest BCUT2D eigenvalue weighted by atomic mass is 32.1. The Labute approximate surface area is 127 Å². The van der Waals surface area contributed by atoms with E-state index in [-0.39, 0.29) is 11.9 Å². The molecule has 0 aliphatic heterocycles. The molecular weight excluding hydrogens is 285 g/mol. The number of halogens is 1. The van der Waals surface area contributed by atoms with Gasteiger partial charge in [0, 0.05) is 23.7 Å². The molecular formula is C16H18FN3S. The molecule has 0 aliphatic rings. The first kappa shape index (κ1) is 14.2. The fourth-order valence-corrected chi connectivity index (χ4v) is 3.45. The average Bonchev–Trinajstić information content (AvgIpc) is 2.96. The van der Waals surface area contributed by atoms with Gasteiger partial charge in [-0.3, -0.25) is 4.40 Å². The van der Waals surface area contributed by atoms with Gasteiger partial charge in [0.2, 0.25) is 0 Å². The molecule has 3 nitrogen and oxygen atoms in total. The van der Waals surface area contributed by atoms with E-state index < -0.39 is 0 Å². The first-order valence-corrected chi connectivity index (χ1v) is 7.85. The molecule has 1 N–H and O–H groups in total. The Hall–Kier alpha value is -1.72. The monoisotopic (exact) mass is 303 g/mol. The number of nitrogens with zero attached hydrogens (tertiary/aromatic N) is 2. The molecule has 0 aliphatic carbocycles. The van der Waals surface area contributed by atoms with Crippen molar-refractivity contribution in [3.63, 3.8) is 0 Å². The van der Waals surface area contributed by atoms with E-state index in [0.717, 1.165) is 16.2 Å². The molecule has 0 spiro atoms. The van der Waals surface area contributed by atoms with E-state index in [1.54, 1.807) is 23.5 Å². The molecule has 0 saturated heterocycles. The first-order chi connectivity index (χ1) is 10.1. The van der Waals surface area contributed by atoms with Crippen LogP contribution in [-0.4, -0.2) is 9.38 Å². The molecule has 2 aromatic heterocycles. The average molecular weight is 303 g/mol. The zero-order chi connectivity index (χ0) is 15.0. The molecule has 2 heterocycles. The molecule has 21 heavy (non-hydrogen) atoms. The summed E-state index contributed by atoms with van der Waals surface area (Å²) in [6, 6.07) is 6.82. The normalized spacial score (nSPS) is 13.0. The molecule has 110 valence electrons. The summed E-state index contributed by atoms with van der Waals surface area (Å²) in [6.45, 7) is 6.87. The SMILES string of the molecule is Cc1nc2scc(C)n2c1CNC(C)c1cccc(F)c1. The predicted octanol–water partition coefficient (Wildman–Crippen LogP) is 4.00. The minimum Gasteiger partial charge on any atom is -0.305 e. The van der Waals surface area contributed by atoms with Gasteiger partial charge in [-0.05, 0) is 38.5 Å². The summed E-state index contributed by atoms with van der Waals surface area (Å²) in [4.78, 5) is 5.61. The molecule has 1 aromatic carbocycles. The molecule has 0 bridgehead atoms. The summed E-state index contributed by atoms with van der Waals surface area (Å²) in [5.41, 5.74) is 4.37. The third kappa shape index (κ3) is 2.71. The van der Waals surface area contributed by atoms with Crippen LogP contribution in [0, 0.1) is 19.7 Å². The van der Waals surface area contributed by atoms with Crippen LogP contribution in [0.25, 0.3) is 4.96 Å². The zero-order valence-electron chi connectivity index (χ0n) is 12.4. The number of nitrogens with one attached hydrogen (secondary N) is 1. The quantitative estimate of drug-likeness (QED) is 0.789. The van der Waals surface area contributed by atoms with E-state index in [1.807, 2.05) is 19.9 Å². The summed E-state index contributed by atoms with van der Waals surface area (Å²) >= 11 is 1.66. The second kappa shape index (κ2) is 5.58. The predicted molar refractivity (Wildman–Crippen MR) is 84.2 cm³/mol. The highest BCUT2D eigenvalue weighted by molar-refractivity contribution is 7.15. The number of aryl methyl sites for hydroxylation is 2. The van der Waals surface area contributed by atoms with Crippen LogP contribution >= 0.6 is 11.3 Å². The van der Waals surface area contributed by atoms with Crippen LogP contribution in [0.3, 0.4) is 0 Å². The number of rotatable bonds is 4. The Morgan fingerprint density at radius 2 is 2.19 bits per heavy atom. The lowest BCUT2D eigenvalue weighted by molar-refractivity contribution is 0.556. The van der Waals surface area contributed by atoms with Crippen LogP contribution in [0.15, 0.2) is 29.6 Å². The summed E-state index contributed by atoms with van der Waals surface area (Å²) in [5, 5.41) is 5.57. The van der Waals surface area contributed by atoms with Crippen molar-refractivity contribution in [3.05, 3.63) is 58.1 Å². The van der Waals surface area contributed by atoms with E-state index >= 15 is 0 Å². The maximum absolute atomic E-state index is 13.3. The Kier molecular flexibility index (Phi) is 3.78. The zero-order valence-corrected chi connectivity index (χ0v) is 13.2. The lowest BCUT2D eigenvalue weighted by atomic mass is 10.1. The van der Waals surface area contributed by atoms with Gasteiger partial charge in [0.05, 0.1) is 11.4 Å². The van der Waals surface area contributed by atoms with E-state index in [2.05, 4.69) is 27.0 Å². The minimum absolute atomic E-state index is 0.0876. The fourth-order valence-electron chi connectivity index (χ4n) is 2.52. The molecule has 1 unspecified atom stereocenters. The van der Waals surface area contributed by atoms with Crippen LogP contribution in [0.4, 0.5) is 4.39 Å². The lowest BCUT2D eigenvalue weighted by Gasteiger charge is -2.14. The van der Waals surface area contributed by atoms with Gasteiger partial charge in [-0.15, -0.1) is 11.3 Å². The number of fused-ring (bicyclic) bond motifs is 1. The van der Waals surface area contributed by atoms with Crippen molar-refractivity contribution in [1.29, 1.82) is 0 Å². The van der Waals surface area contributed by atoms with Gasteiger partial charge in [0.1, 0.15) is 5.82 Å². The molecule has 1 atom stereocenters. The molecule has 0 radical (unpaired) electrons. The summed E-state index contributed by atoms with van der Waals surface area (Å²) in [7, 11) is 0. The smallest absolute Gasteiger partial charge is 0.194 e. The summed E-state index contributed by atoms with van der Waals surface area (Å²) < 4.78 is 15.5. The maximum atomic E-state index is 13.3. The van der Waals surface area contributed by atoms with Crippen molar-refractivity contribution in [2.45, 2.75) is 33.4 Å². The molecule has 3 rings (SSSR count). The van der Waals surface area contributed by atoms with Gasteiger partial charge in [0.15, 0.2) is 4.96 Å². The van der Waals surface area contributed by atoms with E-state index in [4.69, 9.17) is 0 Å². The minimum atomic E-state index is -0.197. The number of benzene rings is 1. The van der Waals surface area contributed by atoms with Crippen LogP contribution in [0.5, 0.6) is 0 Å². The van der Waals surface area contributed by atoms with Crippen LogP contribution < -0.4 is 5.32 Å². The topological polar surface area (TPSA) is 29.3 Å². The van der Waals surface area contributed by atoms with Gasteiger partial charge in [-0.1, -0.05) is 12.1 Å². The summed E-state index contributed by atoms with van der Waals surface area (Å²) in [6.07, 6.45) is 0. The second-order valence-corrected chi connectivity index (χ2v) is 6.13. The lowest BCUT2D eigenvalue weighted by Crippen LogP contribution is -2.19. The summed E-state index contributed by atoms with van der Waals surface area (Å²) in [5.74, 6) is -0.197. The van der Waals surface area contributed by atoms with E-state index in [9.17, 15) is 4.39 Å². The number of imidazole rings is 1. The molecule has 5 heteroatoms. The van der Waals surface area contributed by atoms with Crippen molar-refractivity contribution in [2.24, 2.45) is 0 Å². The number of hydrogen-bond acceptors (Lipinski definition) is 3. The van der Waals surface area contributed by atoms with E-state index in [1.165, 1.54) is 17.5 Å². The van der Waals surface area contributed by atoms with Crippen molar-refractivity contribution in [1.82, 2.24) is 14.7 Å². The van der Waals surface area contributed by atoms with Crippen molar-refractivity contribution in [2.75, 3.05) is 0 Å². The number of hydrogen-bond donors (Lipinski definition) is 1. The van der Waals surface area contributed by atoms with E-state index in [0.29, 0.717) is 6.54 Å². The maximum Gasteiger partial charge on any atom is 0.194 e. The highest BCUT2D eigenvalue weighted by Gasteiger charge is 2.13. The standard InChI is InChI=1S/C16H18FN3S/c1-10-9-21-16-19-12(3)15(20(10)16)8-18-11(2)13-5-4-6-14(17)7-13/h4-7,9,11,18H,8H2,1-3H3. The number of aromatic nitrogens is 2. The third-order valence-corrected chi connectivity index (χ3v) is 4.70. The van der Waals surface area contributed by atoms with Gasteiger partial charge >= 0.3 is 0 Å². The van der Waals surface area contributed by atoms with Crippen LogP contribution in [-0.2, 0) is 6.54 Å². The Morgan fingerprint density at radius 1 is 1.38 bits per heavy atom. The van der Waals surface area contributed by atoms with Gasteiger partial charge in [0.25, 0.3) is 0 Å². The molecule has 0 amide bonds. The van der Waals surface area contributed by atoms with Crippen molar-refractivity contribution < 1.29 is 4.39 Å². The largest absolute Gasteiger partial charge is 0.305 e. The van der Waals surface area contributed by atoms with Crippen LogP contribution in [0.1, 0.15) is 35.6 Å². The van der Waals surface area contributed by atoms with Crippen molar-refractivity contribution in [3.8, 4) is 0 Å². The molecule has 0 fully saturated rings. The Bertz CT molecular complexity index is 775. The first-order valence-electron chi connectivity index (χ1n) is 6.97. The Morgan fingerprint density at radius 3 is 2.95 bits per heavy atom. The van der Waals surface area contributed by atoms with Gasteiger partial charge in [-0.2, -0.15) is 0 Å². The fraction of sp³-hybridized carbons (Fsp3) is 0.312. The molecule has 0 saturated carbocycles. The number of thiazole rings is 1. The molecule has 3 aromatic rings. The highest BCUT2D eigenvalue weighted by Crippen LogP contribution is 2.21. The third-order valence-electron chi connectivity index (χ3n) is 3.75. The van der Waals surface area contributed by atoms with Gasteiger partial charge in [-0.25, -0.2) is 9.37 Å². The van der Waals surface area contributed by atoms with Crippen LogP contribution in [0.2, 0.25) is 0 Å². The van der Waals surface area contributed by atoms with Crippen molar-refractivity contribution >= 4 is 16.3 Å². The van der Waals surface area contributed by atoms with Gasteiger partial charge < -0.3 is 5.32 Å². The Balaban J connectivity index is 1.80. The second-order valence-electron chi connectivity index (χ2n) is 5.30.